The molecule has 0 spiro atoms. The lowest BCUT2D eigenvalue weighted by Gasteiger charge is -2.13. The number of nitriles is 1. The van der Waals surface area contributed by atoms with Gasteiger partial charge in [0.15, 0.2) is 0 Å². The maximum Gasteiger partial charge on any atom is 0.276 e. The fourth-order valence-corrected chi connectivity index (χ4v) is 2.18. The first-order valence-corrected chi connectivity index (χ1v) is 7.24. The zero-order valence-electron chi connectivity index (χ0n) is 13.0. The molecule has 0 saturated carbocycles. The number of carbonyl (C=O) groups is 1. The average molecular weight is 321 g/mol. The summed E-state index contributed by atoms with van der Waals surface area (Å²) in [5, 5.41) is 23.0. The number of nitro groups is 1. The third-order valence-electron chi connectivity index (χ3n) is 3.45. The smallest absolute Gasteiger partial charge is 0.276 e. The van der Waals surface area contributed by atoms with Crippen molar-refractivity contribution in [2.75, 3.05) is 0 Å². The molecular formula is C18H15N3O3. The number of nitrogens with zero attached hydrogens (tertiary/aromatic N) is 2. The third-order valence-corrected chi connectivity index (χ3v) is 3.45. The van der Waals surface area contributed by atoms with Gasteiger partial charge in [-0.05, 0) is 24.6 Å². The summed E-state index contributed by atoms with van der Waals surface area (Å²) < 4.78 is 0. The molecule has 0 aliphatic heterocycles. The highest BCUT2D eigenvalue weighted by Crippen LogP contribution is 2.21. The van der Waals surface area contributed by atoms with Crippen molar-refractivity contribution in [3.63, 3.8) is 0 Å². The predicted molar refractivity (Wildman–Crippen MR) is 89.7 cm³/mol. The molecule has 0 unspecified atom stereocenters. The van der Waals surface area contributed by atoms with Crippen LogP contribution in [0.1, 0.15) is 24.1 Å². The maximum atomic E-state index is 12.3. The van der Waals surface area contributed by atoms with Gasteiger partial charge in [0.1, 0.15) is 11.6 Å². The summed E-state index contributed by atoms with van der Waals surface area (Å²) in [5.41, 5.74) is 0.761. The van der Waals surface area contributed by atoms with Crippen molar-refractivity contribution in [1.29, 1.82) is 5.26 Å². The first kappa shape index (κ1) is 16.9. The van der Waals surface area contributed by atoms with Crippen molar-refractivity contribution in [2.24, 2.45) is 0 Å². The summed E-state index contributed by atoms with van der Waals surface area (Å²) in [4.78, 5) is 22.7. The Morgan fingerprint density at radius 3 is 2.46 bits per heavy atom. The van der Waals surface area contributed by atoms with Gasteiger partial charge in [-0.25, -0.2) is 0 Å². The molecule has 1 amide bonds. The normalized spacial score (nSPS) is 12.1. The van der Waals surface area contributed by atoms with Gasteiger partial charge in [0.05, 0.1) is 16.5 Å². The van der Waals surface area contributed by atoms with E-state index in [0.29, 0.717) is 0 Å². The van der Waals surface area contributed by atoms with Gasteiger partial charge in [0.25, 0.3) is 11.6 Å². The Kier molecular flexibility index (Phi) is 5.42. The molecule has 2 rings (SSSR count). The Hall–Kier alpha value is -3.46. The second-order valence-corrected chi connectivity index (χ2v) is 5.09. The van der Waals surface area contributed by atoms with E-state index in [2.05, 4.69) is 5.32 Å². The number of nitro benzene ring substituents is 1. The van der Waals surface area contributed by atoms with Gasteiger partial charge < -0.3 is 5.32 Å². The van der Waals surface area contributed by atoms with Crippen LogP contribution in [0.15, 0.2) is 60.2 Å². The van der Waals surface area contributed by atoms with E-state index in [1.54, 1.807) is 19.1 Å². The Labute approximate surface area is 139 Å². The molecular weight excluding hydrogens is 306 g/mol. The SMILES string of the molecule is C[C@H](NC(=O)/C(C#N)=C\c1ccccc1[N+](=O)[O-])c1ccccc1. The lowest BCUT2D eigenvalue weighted by Crippen LogP contribution is -2.27. The molecule has 0 aliphatic rings. The number of amides is 1. The Morgan fingerprint density at radius 1 is 1.21 bits per heavy atom. The van der Waals surface area contributed by atoms with E-state index in [1.165, 1.54) is 24.3 Å². The first-order chi connectivity index (χ1) is 11.5. The zero-order valence-corrected chi connectivity index (χ0v) is 13.0. The molecule has 24 heavy (non-hydrogen) atoms. The summed E-state index contributed by atoms with van der Waals surface area (Å²) >= 11 is 0. The number of para-hydroxylation sites is 1. The van der Waals surface area contributed by atoms with Gasteiger partial charge in [-0.2, -0.15) is 5.26 Å². The largest absolute Gasteiger partial charge is 0.345 e. The van der Waals surface area contributed by atoms with Crippen molar-refractivity contribution in [3.8, 4) is 6.07 Å². The van der Waals surface area contributed by atoms with Crippen LogP contribution in [-0.2, 0) is 4.79 Å². The Morgan fingerprint density at radius 2 is 1.83 bits per heavy atom. The second-order valence-electron chi connectivity index (χ2n) is 5.09. The van der Waals surface area contributed by atoms with Crippen LogP contribution in [0.3, 0.4) is 0 Å². The fraction of sp³-hybridized carbons (Fsp3) is 0.111. The summed E-state index contributed by atoms with van der Waals surface area (Å²) in [6.07, 6.45) is 1.23. The van der Waals surface area contributed by atoms with Crippen LogP contribution in [0.25, 0.3) is 6.08 Å². The first-order valence-electron chi connectivity index (χ1n) is 7.24. The van der Waals surface area contributed by atoms with E-state index in [4.69, 9.17) is 0 Å². The highest BCUT2D eigenvalue weighted by atomic mass is 16.6. The molecule has 0 fully saturated rings. The van der Waals surface area contributed by atoms with Crippen molar-refractivity contribution in [3.05, 3.63) is 81.4 Å². The predicted octanol–water partition coefficient (Wildman–Crippen LogP) is 3.38. The molecule has 6 heteroatoms. The van der Waals surface area contributed by atoms with Crippen LogP contribution in [0.5, 0.6) is 0 Å². The molecule has 0 radical (unpaired) electrons. The van der Waals surface area contributed by atoms with Crippen molar-refractivity contribution in [2.45, 2.75) is 13.0 Å². The number of nitrogens with one attached hydrogen (secondary N) is 1. The molecule has 2 aromatic rings. The van der Waals surface area contributed by atoms with Crippen LogP contribution >= 0.6 is 0 Å². The molecule has 0 aliphatic carbocycles. The number of benzene rings is 2. The van der Waals surface area contributed by atoms with Crippen molar-refractivity contribution in [1.82, 2.24) is 5.32 Å². The Bertz CT molecular complexity index is 823. The maximum absolute atomic E-state index is 12.3. The zero-order chi connectivity index (χ0) is 17.5. The van der Waals surface area contributed by atoms with Crippen LogP contribution < -0.4 is 5.32 Å². The minimum absolute atomic E-state index is 0.158. The van der Waals surface area contributed by atoms with Crippen LogP contribution in [-0.4, -0.2) is 10.8 Å². The molecule has 1 N–H and O–H groups in total. The lowest BCUT2D eigenvalue weighted by atomic mass is 10.1. The van der Waals surface area contributed by atoms with Gasteiger partial charge in [0, 0.05) is 6.07 Å². The van der Waals surface area contributed by atoms with Crippen LogP contribution in [0.4, 0.5) is 5.69 Å². The lowest BCUT2D eigenvalue weighted by molar-refractivity contribution is -0.385. The average Bonchev–Trinajstić information content (AvgIpc) is 2.60. The standard InChI is InChI=1S/C18H15N3O3/c1-13(14-7-3-2-4-8-14)20-18(22)16(12-19)11-15-9-5-6-10-17(15)21(23)24/h2-11,13H,1H3,(H,20,22)/b16-11-/t13-/m0/s1. The van der Waals surface area contributed by atoms with E-state index < -0.39 is 10.8 Å². The van der Waals surface area contributed by atoms with Crippen LogP contribution in [0.2, 0.25) is 0 Å². The van der Waals surface area contributed by atoms with Crippen molar-refractivity contribution >= 4 is 17.7 Å². The molecule has 0 bridgehead atoms. The van der Waals surface area contributed by atoms with Crippen molar-refractivity contribution < 1.29 is 9.72 Å². The summed E-state index contributed by atoms with van der Waals surface area (Å²) in [5.74, 6) is -0.577. The van der Waals surface area contributed by atoms with Gasteiger partial charge in [0.2, 0.25) is 0 Å². The highest BCUT2D eigenvalue weighted by Gasteiger charge is 2.16. The monoisotopic (exact) mass is 321 g/mol. The van der Waals surface area contributed by atoms with E-state index in [9.17, 15) is 20.2 Å². The molecule has 2 aromatic carbocycles. The highest BCUT2D eigenvalue weighted by molar-refractivity contribution is 6.02. The summed E-state index contributed by atoms with van der Waals surface area (Å²) in [7, 11) is 0. The van der Waals surface area contributed by atoms with E-state index in [0.717, 1.165) is 5.56 Å². The molecule has 120 valence electrons. The summed E-state index contributed by atoms with van der Waals surface area (Å²) in [6, 6.07) is 16.8. The minimum Gasteiger partial charge on any atom is -0.345 e. The topological polar surface area (TPSA) is 96.0 Å². The minimum atomic E-state index is -0.577. The van der Waals surface area contributed by atoms with E-state index in [-0.39, 0.29) is 22.9 Å². The van der Waals surface area contributed by atoms with Gasteiger partial charge in [-0.15, -0.1) is 0 Å². The second kappa shape index (κ2) is 7.70. The third kappa shape index (κ3) is 4.05. The number of hydrogen-bond acceptors (Lipinski definition) is 4. The summed E-state index contributed by atoms with van der Waals surface area (Å²) in [6.45, 7) is 1.80. The van der Waals surface area contributed by atoms with E-state index in [1.807, 2.05) is 30.3 Å². The molecule has 0 heterocycles. The number of rotatable bonds is 5. The van der Waals surface area contributed by atoms with Gasteiger partial charge in [-0.3, -0.25) is 14.9 Å². The molecule has 1 atom stereocenters. The molecule has 0 aromatic heterocycles. The molecule has 0 saturated heterocycles. The Balaban J connectivity index is 2.24. The van der Waals surface area contributed by atoms with E-state index >= 15 is 0 Å². The molecule has 6 nitrogen and oxygen atoms in total. The van der Waals surface area contributed by atoms with Crippen LogP contribution in [0, 0.1) is 21.4 Å². The quantitative estimate of drug-likeness (QED) is 0.395. The van der Waals surface area contributed by atoms with Gasteiger partial charge >= 0.3 is 0 Å². The fourth-order valence-electron chi connectivity index (χ4n) is 2.18. The number of hydrogen-bond donors (Lipinski definition) is 1. The van der Waals surface area contributed by atoms with Gasteiger partial charge in [-0.1, -0.05) is 42.5 Å². The number of carbonyl (C=O) groups excluding carboxylic acids is 1.